The molecule has 2 aromatic heterocycles. The molecule has 0 aliphatic carbocycles. The number of fused-ring (bicyclic) bond motifs is 1. The Balaban J connectivity index is 2.08. The molecule has 0 spiro atoms. The van der Waals surface area contributed by atoms with Gasteiger partial charge in [-0.25, -0.2) is 24.5 Å². The molecule has 0 radical (unpaired) electrons. The van der Waals surface area contributed by atoms with Gasteiger partial charge in [0.1, 0.15) is 22.2 Å². The number of aromatic nitrogens is 3. The smallest absolute Gasteiger partial charge is 0.425 e. The van der Waals surface area contributed by atoms with Crippen molar-refractivity contribution in [3.05, 3.63) is 39.9 Å². The molecule has 0 N–H and O–H groups in total. The molecular weight excluding hydrogens is 493 g/mol. The molecule has 9 nitrogen and oxygen atoms in total. The molecule has 1 unspecified atom stereocenters. The molecule has 0 aromatic carbocycles. The predicted molar refractivity (Wildman–Crippen MR) is 135 cm³/mol. The molecular formula is C24H31Cl2N5O4. The maximum atomic E-state index is 13.2. The Kier molecular flexibility index (Phi) is 7.81. The fourth-order valence-corrected chi connectivity index (χ4v) is 4.20. The van der Waals surface area contributed by atoms with Crippen LogP contribution in [0.1, 0.15) is 72.1 Å². The minimum Gasteiger partial charge on any atom is -0.443 e. The average molecular weight is 524 g/mol. The summed E-state index contributed by atoms with van der Waals surface area (Å²) in [5.74, 6) is 0.728. The van der Waals surface area contributed by atoms with Crippen LogP contribution in [0, 0.1) is 0 Å². The van der Waals surface area contributed by atoms with Gasteiger partial charge in [-0.1, -0.05) is 17.7 Å². The summed E-state index contributed by atoms with van der Waals surface area (Å²) in [4.78, 5) is 42.2. The first-order valence-corrected chi connectivity index (χ1v) is 12.1. The Bertz CT molecular complexity index is 1090. The lowest BCUT2D eigenvalue weighted by Crippen LogP contribution is -2.45. The van der Waals surface area contributed by atoms with Crippen LogP contribution < -0.4 is 9.80 Å². The Hall–Kier alpha value is -2.65. The standard InChI is InChI=1S/C24H31Cl2N5O4/c1-14(30-13-9-11-16-17(25)28-20(26)29-19(16)30)15-10-8-12-27-18(15)31(21(32)34-23(2,3)4)22(33)35-24(5,6)7/h8,10,12,14H,9,11,13H2,1-7H3. The highest BCUT2D eigenvalue weighted by molar-refractivity contribution is 6.32. The van der Waals surface area contributed by atoms with E-state index in [1.165, 1.54) is 6.20 Å². The second kappa shape index (κ2) is 10.1. The second-order valence-corrected chi connectivity index (χ2v) is 11.0. The third-order valence-electron chi connectivity index (χ3n) is 5.10. The monoisotopic (exact) mass is 523 g/mol. The molecule has 1 aliphatic heterocycles. The van der Waals surface area contributed by atoms with Crippen molar-refractivity contribution in [3.63, 3.8) is 0 Å². The van der Waals surface area contributed by atoms with Crippen molar-refractivity contribution in [3.8, 4) is 0 Å². The number of pyridine rings is 1. The molecule has 0 bridgehead atoms. The Labute approximate surface area is 215 Å². The van der Waals surface area contributed by atoms with Gasteiger partial charge in [0.25, 0.3) is 0 Å². The van der Waals surface area contributed by atoms with Crippen molar-refractivity contribution >= 4 is 47.0 Å². The summed E-state index contributed by atoms with van der Waals surface area (Å²) < 4.78 is 11.1. The van der Waals surface area contributed by atoms with E-state index in [1.54, 1.807) is 53.7 Å². The molecule has 2 aromatic rings. The topological polar surface area (TPSA) is 97.8 Å². The third-order valence-corrected chi connectivity index (χ3v) is 5.59. The Morgan fingerprint density at radius 3 is 2.23 bits per heavy atom. The number of anilines is 2. The van der Waals surface area contributed by atoms with E-state index in [1.807, 2.05) is 11.8 Å². The summed E-state index contributed by atoms with van der Waals surface area (Å²) in [6.07, 6.45) is 1.28. The summed E-state index contributed by atoms with van der Waals surface area (Å²) in [5.41, 5.74) is -0.277. The highest BCUT2D eigenvalue weighted by Gasteiger charge is 2.37. The Morgan fingerprint density at radius 1 is 1.06 bits per heavy atom. The molecule has 11 heteroatoms. The SMILES string of the molecule is CC(c1cccnc1N(C(=O)OC(C)(C)C)C(=O)OC(C)(C)C)N1CCCc2c(Cl)nc(Cl)nc21. The van der Waals surface area contributed by atoms with Gasteiger partial charge in [0.15, 0.2) is 5.82 Å². The zero-order valence-electron chi connectivity index (χ0n) is 21.1. The highest BCUT2D eigenvalue weighted by atomic mass is 35.5. The molecule has 3 heterocycles. The van der Waals surface area contributed by atoms with Crippen molar-refractivity contribution in [1.82, 2.24) is 15.0 Å². The molecule has 0 saturated heterocycles. The Morgan fingerprint density at radius 2 is 1.66 bits per heavy atom. The molecule has 1 aliphatic rings. The fourth-order valence-electron chi connectivity index (χ4n) is 3.74. The van der Waals surface area contributed by atoms with Crippen LogP contribution in [0.2, 0.25) is 10.4 Å². The van der Waals surface area contributed by atoms with Crippen LogP contribution in [-0.4, -0.2) is 44.9 Å². The first-order chi connectivity index (χ1) is 16.2. The summed E-state index contributed by atoms with van der Waals surface area (Å²) in [7, 11) is 0. The zero-order chi connectivity index (χ0) is 26.1. The van der Waals surface area contributed by atoms with Gasteiger partial charge in [0, 0.05) is 23.9 Å². The number of halogens is 2. The van der Waals surface area contributed by atoms with Gasteiger partial charge < -0.3 is 14.4 Å². The van der Waals surface area contributed by atoms with Gasteiger partial charge in [-0.05, 0) is 79.0 Å². The van der Waals surface area contributed by atoms with Crippen LogP contribution in [0.3, 0.4) is 0 Å². The quantitative estimate of drug-likeness (QED) is 0.338. The van der Waals surface area contributed by atoms with E-state index in [0.29, 0.717) is 23.1 Å². The van der Waals surface area contributed by atoms with Gasteiger partial charge in [-0.3, -0.25) is 0 Å². The van der Waals surface area contributed by atoms with E-state index in [-0.39, 0.29) is 17.1 Å². The van der Waals surface area contributed by atoms with Crippen LogP contribution in [0.5, 0.6) is 0 Å². The van der Waals surface area contributed by atoms with E-state index in [4.69, 9.17) is 32.7 Å². The van der Waals surface area contributed by atoms with Crippen LogP contribution >= 0.6 is 23.2 Å². The van der Waals surface area contributed by atoms with Gasteiger partial charge in [0.2, 0.25) is 5.28 Å². The van der Waals surface area contributed by atoms with E-state index in [9.17, 15) is 9.59 Å². The number of imide groups is 1. The van der Waals surface area contributed by atoms with Gasteiger partial charge in [0.05, 0.1) is 6.04 Å². The maximum absolute atomic E-state index is 13.2. The van der Waals surface area contributed by atoms with E-state index < -0.39 is 23.4 Å². The van der Waals surface area contributed by atoms with Gasteiger partial charge in [-0.15, -0.1) is 0 Å². The lowest BCUT2D eigenvalue weighted by Gasteiger charge is -2.36. The lowest BCUT2D eigenvalue weighted by atomic mass is 10.0. The molecule has 0 saturated carbocycles. The van der Waals surface area contributed by atoms with E-state index in [2.05, 4.69) is 15.0 Å². The third kappa shape index (κ3) is 6.52. The average Bonchev–Trinajstić information content (AvgIpc) is 2.70. The number of carbonyl (C=O) groups is 2. The zero-order valence-corrected chi connectivity index (χ0v) is 22.6. The van der Waals surface area contributed by atoms with E-state index in [0.717, 1.165) is 23.3 Å². The summed E-state index contributed by atoms with van der Waals surface area (Å²) >= 11 is 12.5. The molecule has 35 heavy (non-hydrogen) atoms. The van der Waals surface area contributed by atoms with E-state index >= 15 is 0 Å². The number of hydrogen-bond acceptors (Lipinski definition) is 8. The van der Waals surface area contributed by atoms with Crippen LogP contribution in [0.15, 0.2) is 18.3 Å². The minimum atomic E-state index is -0.883. The molecule has 1 atom stereocenters. The van der Waals surface area contributed by atoms with Crippen LogP contribution in [-0.2, 0) is 15.9 Å². The van der Waals surface area contributed by atoms with Gasteiger partial charge in [-0.2, -0.15) is 4.90 Å². The summed E-state index contributed by atoms with van der Waals surface area (Å²) in [6, 6.07) is 3.18. The van der Waals surface area contributed by atoms with Crippen molar-refractivity contribution in [2.45, 2.75) is 78.6 Å². The first-order valence-electron chi connectivity index (χ1n) is 11.4. The number of carbonyl (C=O) groups excluding carboxylic acids is 2. The lowest BCUT2D eigenvalue weighted by molar-refractivity contribution is 0.0428. The van der Waals surface area contributed by atoms with Crippen LogP contribution in [0.25, 0.3) is 0 Å². The van der Waals surface area contributed by atoms with Crippen molar-refractivity contribution in [2.24, 2.45) is 0 Å². The number of amides is 2. The van der Waals surface area contributed by atoms with Crippen molar-refractivity contribution in [2.75, 3.05) is 16.3 Å². The number of nitrogens with zero attached hydrogens (tertiary/aromatic N) is 5. The first kappa shape index (κ1) is 26.9. The minimum absolute atomic E-state index is 0.0448. The fraction of sp³-hybridized carbons (Fsp3) is 0.542. The molecule has 3 rings (SSSR count). The highest BCUT2D eigenvalue weighted by Crippen LogP contribution is 2.38. The molecule has 190 valence electrons. The number of hydrogen-bond donors (Lipinski definition) is 0. The maximum Gasteiger partial charge on any atom is 0.425 e. The van der Waals surface area contributed by atoms with Crippen molar-refractivity contribution in [1.29, 1.82) is 0 Å². The van der Waals surface area contributed by atoms with Crippen molar-refractivity contribution < 1.29 is 19.1 Å². The summed E-state index contributed by atoms with van der Waals surface area (Å²) in [6.45, 7) is 12.9. The van der Waals surface area contributed by atoms with Gasteiger partial charge >= 0.3 is 12.2 Å². The number of rotatable bonds is 3. The predicted octanol–water partition coefficient (Wildman–Crippen LogP) is 6.37. The largest absolute Gasteiger partial charge is 0.443 e. The normalized spacial score (nSPS) is 14.7. The van der Waals surface area contributed by atoms with Crippen LogP contribution in [0.4, 0.5) is 21.2 Å². The summed E-state index contributed by atoms with van der Waals surface area (Å²) in [5, 5.41) is 0.357. The molecule has 0 fully saturated rings. The molecule has 2 amide bonds. The second-order valence-electron chi connectivity index (χ2n) is 10.3. The number of ether oxygens (including phenoxy) is 2.